The van der Waals surface area contributed by atoms with Crippen molar-refractivity contribution >= 4 is 11.8 Å². The SMILES string of the molecule is CC.CC(=O)NCCCC(=O)N1CCN(C)CC1. The van der Waals surface area contributed by atoms with E-state index in [1.807, 2.05) is 18.7 Å². The molecule has 1 fully saturated rings. The van der Waals surface area contributed by atoms with Gasteiger partial charge >= 0.3 is 0 Å². The van der Waals surface area contributed by atoms with E-state index in [0.717, 1.165) is 32.6 Å². The normalized spacial score (nSPS) is 15.7. The second-order valence-electron chi connectivity index (χ2n) is 4.27. The number of carbonyl (C=O) groups is 2. The number of likely N-dealkylation sites (N-methyl/N-ethyl adjacent to an activating group) is 1. The van der Waals surface area contributed by atoms with Crippen molar-refractivity contribution in [2.24, 2.45) is 0 Å². The van der Waals surface area contributed by atoms with Crippen LogP contribution in [0.15, 0.2) is 0 Å². The van der Waals surface area contributed by atoms with Crippen molar-refractivity contribution in [3.05, 3.63) is 0 Å². The van der Waals surface area contributed by atoms with Crippen molar-refractivity contribution in [1.82, 2.24) is 15.1 Å². The van der Waals surface area contributed by atoms with Crippen molar-refractivity contribution in [3.63, 3.8) is 0 Å². The Kier molecular flexibility index (Phi) is 9.28. The van der Waals surface area contributed by atoms with Crippen molar-refractivity contribution in [2.45, 2.75) is 33.6 Å². The topological polar surface area (TPSA) is 52.7 Å². The van der Waals surface area contributed by atoms with Crippen molar-refractivity contribution in [1.29, 1.82) is 0 Å². The molecule has 0 aromatic heterocycles. The minimum atomic E-state index is -0.0351. The van der Waals surface area contributed by atoms with Crippen LogP contribution in [0.3, 0.4) is 0 Å². The molecular formula is C13H27N3O2. The maximum Gasteiger partial charge on any atom is 0.222 e. The Morgan fingerprint density at radius 1 is 1.11 bits per heavy atom. The van der Waals surface area contributed by atoms with E-state index >= 15 is 0 Å². The molecule has 1 heterocycles. The van der Waals surface area contributed by atoms with Crippen LogP contribution >= 0.6 is 0 Å². The second kappa shape index (κ2) is 9.88. The van der Waals surface area contributed by atoms with E-state index in [-0.39, 0.29) is 11.8 Å². The Hall–Kier alpha value is -1.10. The number of nitrogens with zero attached hydrogens (tertiary/aromatic N) is 2. The van der Waals surface area contributed by atoms with Crippen LogP contribution in [0.4, 0.5) is 0 Å². The van der Waals surface area contributed by atoms with E-state index < -0.39 is 0 Å². The summed E-state index contributed by atoms with van der Waals surface area (Å²) < 4.78 is 0. The molecule has 0 bridgehead atoms. The first-order chi connectivity index (χ1) is 8.59. The second-order valence-corrected chi connectivity index (χ2v) is 4.27. The van der Waals surface area contributed by atoms with Crippen LogP contribution < -0.4 is 5.32 Å². The van der Waals surface area contributed by atoms with Gasteiger partial charge in [-0.15, -0.1) is 0 Å². The molecule has 0 aromatic rings. The van der Waals surface area contributed by atoms with E-state index in [1.165, 1.54) is 6.92 Å². The third-order valence-electron chi connectivity index (χ3n) is 2.80. The summed E-state index contributed by atoms with van der Waals surface area (Å²) in [5.41, 5.74) is 0. The van der Waals surface area contributed by atoms with Gasteiger partial charge in [0.1, 0.15) is 0 Å². The van der Waals surface area contributed by atoms with Crippen LogP contribution in [0.1, 0.15) is 33.6 Å². The Bertz CT molecular complexity index is 249. The quantitative estimate of drug-likeness (QED) is 0.754. The van der Waals surface area contributed by atoms with Gasteiger partial charge in [0, 0.05) is 46.1 Å². The number of piperazine rings is 1. The molecule has 0 atom stereocenters. The average Bonchev–Trinajstić information content (AvgIpc) is 2.37. The molecule has 2 amide bonds. The zero-order valence-corrected chi connectivity index (χ0v) is 12.2. The van der Waals surface area contributed by atoms with Crippen LogP contribution in [0.5, 0.6) is 0 Å². The van der Waals surface area contributed by atoms with Crippen LogP contribution in [-0.4, -0.2) is 61.4 Å². The van der Waals surface area contributed by atoms with Crippen LogP contribution in [0.25, 0.3) is 0 Å². The minimum absolute atomic E-state index is 0.0351. The highest BCUT2D eigenvalue weighted by molar-refractivity contribution is 5.76. The molecule has 0 aromatic carbocycles. The largest absolute Gasteiger partial charge is 0.356 e. The highest BCUT2D eigenvalue weighted by Gasteiger charge is 2.18. The van der Waals surface area contributed by atoms with Gasteiger partial charge in [0.05, 0.1) is 0 Å². The summed E-state index contributed by atoms with van der Waals surface area (Å²) in [4.78, 5) is 26.5. The minimum Gasteiger partial charge on any atom is -0.356 e. The molecule has 0 spiro atoms. The first-order valence-corrected chi connectivity index (χ1v) is 6.80. The van der Waals surface area contributed by atoms with Gasteiger partial charge in [-0.1, -0.05) is 13.8 Å². The van der Waals surface area contributed by atoms with Gasteiger partial charge in [0.15, 0.2) is 0 Å². The molecule has 5 nitrogen and oxygen atoms in total. The Morgan fingerprint density at radius 2 is 1.67 bits per heavy atom. The first-order valence-electron chi connectivity index (χ1n) is 6.80. The van der Waals surface area contributed by atoms with Crippen molar-refractivity contribution < 1.29 is 9.59 Å². The number of amides is 2. The molecule has 0 radical (unpaired) electrons. The van der Waals surface area contributed by atoms with Gasteiger partial charge < -0.3 is 15.1 Å². The highest BCUT2D eigenvalue weighted by atomic mass is 16.2. The maximum atomic E-state index is 11.7. The van der Waals surface area contributed by atoms with Crippen molar-refractivity contribution in [2.75, 3.05) is 39.8 Å². The van der Waals surface area contributed by atoms with Gasteiger partial charge in [0.25, 0.3) is 0 Å². The van der Waals surface area contributed by atoms with Crippen LogP contribution in [-0.2, 0) is 9.59 Å². The zero-order chi connectivity index (χ0) is 14.0. The highest BCUT2D eigenvalue weighted by Crippen LogP contribution is 2.03. The molecule has 106 valence electrons. The monoisotopic (exact) mass is 257 g/mol. The molecule has 0 saturated carbocycles. The van der Waals surface area contributed by atoms with E-state index in [0.29, 0.717) is 13.0 Å². The molecule has 1 rings (SSSR count). The summed E-state index contributed by atoms with van der Waals surface area (Å²) in [5, 5.41) is 2.69. The molecule has 18 heavy (non-hydrogen) atoms. The van der Waals surface area contributed by atoms with E-state index in [9.17, 15) is 9.59 Å². The Labute approximate surface area is 111 Å². The predicted octanol–water partition coefficient (Wildman–Crippen LogP) is 0.703. The number of nitrogens with one attached hydrogen (secondary N) is 1. The molecule has 5 heteroatoms. The lowest BCUT2D eigenvalue weighted by molar-refractivity contribution is -0.133. The molecular weight excluding hydrogens is 230 g/mol. The Morgan fingerprint density at radius 3 is 2.17 bits per heavy atom. The van der Waals surface area contributed by atoms with E-state index in [4.69, 9.17) is 0 Å². The lowest BCUT2D eigenvalue weighted by Crippen LogP contribution is -2.47. The summed E-state index contributed by atoms with van der Waals surface area (Å²) >= 11 is 0. The molecule has 0 unspecified atom stereocenters. The summed E-state index contributed by atoms with van der Waals surface area (Å²) in [6.45, 7) is 9.65. The molecule has 1 aliphatic heterocycles. The van der Waals surface area contributed by atoms with E-state index in [2.05, 4.69) is 17.3 Å². The Balaban J connectivity index is 0.00000137. The molecule has 1 saturated heterocycles. The van der Waals surface area contributed by atoms with Gasteiger partial charge in [-0.2, -0.15) is 0 Å². The van der Waals surface area contributed by atoms with Crippen LogP contribution in [0.2, 0.25) is 0 Å². The predicted molar refractivity (Wildman–Crippen MR) is 73.3 cm³/mol. The van der Waals surface area contributed by atoms with E-state index in [1.54, 1.807) is 0 Å². The fourth-order valence-corrected chi connectivity index (χ4v) is 1.72. The molecule has 0 aliphatic carbocycles. The van der Waals surface area contributed by atoms with Gasteiger partial charge in [0.2, 0.25) is 11.8 Å². The van der Waals surface area contributed by atoms with Gasteiger partial charge in [-0.25, -0.2) is 0 Å². The average molecular weight is 257 g/mol. The summed E-state index contributed by atoms with van der Waals surface area (Å²) in [7, 11) is 2.07. The molecule has 1 N–H and O–H groups in total. The van der Waals surface area contributed by atoms with Crippen molar-refractivity contribution in [3.8, 4) is 0 Å². The number of hydrogen-bond donors (Lipinski definition) is 1. The lowest BCUT2D eigenvalue weighted by atomic mass is 10.2. The zero-order valence-electron chi connectivity index (χ0n) is 12.2. The lowest BCUT2D eigenvalue weighted by Gasteiger charge is -2.32. The smallest absolute Gasteiger partial charge is 0.222 e. The maximum absolute atomic E-state index is 11.7. The summed E-state index contributed by atoms with van der Waals surface area (Å²) in [6.07, 6.45) is 1.26. The summed E-state index contributed by atoms with van der Waals surface area (Å²) in [6, 6.07) is 0. The number of carbonyl (C=O) groups excluding carboxylic acids is 2. The van der Waals surface area contributed by atoms with Gasteiger partial charge in [-0.3, -0.25) is 9.59 Å². The first kappa shape index (κ1) is 16.9. The van der Waals surface area contributed by atoms with Gasteiger partial charge in [-0.05, 0) is 13.5 Å². The summed E-state index contributed by atoms with van der Waals surface area (Å²) in [5.74, 6) is 0.172. The fourth-order valence-electron chi connectivity index (χ4n) is 1.72. The third kappa shape index (κ3) is 7.27. The fraction of sp³-hybridized carbons (Fsp3) is 0.846. The molecule has 1 aliphatic rings. The standard InChI is InChI=1S/C11H21N3O2.C2H6/c1-10(15)12-5-3-4-11(16)14-8-6-13(2)7-9-14;1-2/h3-9H2,1-2H3,(H,12,15);1-2H3. The number of rotatable bonds is 4. The number of hydrogen-bond acceptors (Lipinski definition) is 3. The van der Waals surface area contributed by atoms with Crippen LogP contribution in [0, 0.1) is 0 Å². The third-order valence-corrected chi connectivity index (χ3v) is 2.80.